The van der Waals surface area contributed by atoms with Crippen LogP contribution in [0.4, 0.5) is 0 Å². The third-order valence-corrected chi connectivity index (χ3v) is 3.71. The lowest BCUT2D eigenvalue weighted by Gasteiger charge is -2.18. The second-order valence-corrected chi connectivity index (χ2v) is 5.36. The number of guanidine groups is 1. The molecule has 1 saturated heterocycles. The van der Waals surface area contributed by atoms with Gasteiger partial charge in [0.1, 0.15) is 12.4 Å². The van der Waals surface area contributed by atoms with E-state index in [0.29, 0.717) is 19.6 Å². The Kier molecular flexibility index (Phi) is 6.65. The quantitative estimate of drug-likeness (QED) is 0.457. The topological polar surface area (TPSA) is 78.9 Å². The molecule has 2 heterocycles. The molecule has 1 aliphatic rings. The van der Waals surface area contributed by atoms with E-state index in [9.17, 15) is 4.79 Å². The molecule has 1 aromatic heterocycles. The summed E-state index contributed by atoms with van der Waals surface area (Å²) in [6.45, 7) is 4.60. The van der Waals surface area contributed by atoms with E-state index in [-0.39, 0.29) is 11.9 Å². The number of amides is 1. The van der Waals surface area contributed by atoms with Gasteiger partial charge < -0.3 is 20.3 Å². The van der Waals surface area contributed by atoms with Crippen LogP contribution in [0.15, 0.2) is 29.5 Å². The van der Waals surface area contributed by atoms with Gasteiger partial charge in [0, 0.05) is 38.8 Å². The van der Waals surface area contributed by atoms with Gasteiger partial charge in [-0.2, -0.15) is 0 Å². The Labute approximate surface area is 137 Å². The fraction of sp³-hybridized carbons (Fsp3) is 0.562. The Morgan fingerprint density at radius 2 is 2.43 bits per heavy atom. The van der Waals surface area contributed by atoms with Crippen molar-refractivity contribution in [3.8, 4) is 5.75 Å². The molecule has 23 heavy (non-hydrogen) atoms. The highest BCUT2D eigenvalue weighted by molar-refractivity contribution is 5.80. The van der Waals surface area contributed by atoms with E-state index in [1.165, 1.54) is 0 Å². The highest BCUT2D eigenvalue weighted by Gasteiger charge is 2.25. The first-order valence-electron chi connectivity index (χ1n) is 8.00. The van der Waals surface area contributed by atoms with Gasteiger partial charge in [0.25, 0.3) is 0 Å². The van der Waals surface area contributed by atoms with Gasteiger partial charge >= 0.3 is 0 Å². The van der Waals surface area contributed by atoms with E-state index in [4.69, 9.17) is 4.74 Å². The van der Waals surface area contributed by atoms with Gasteiger partial charge in [-0.25, -0.2) is 0 Å². The fourth-order valence-corrected chi connectivity index (χ4v) is 2.49. The van der Waals surface area contributed by atoms with Crippen LogP contribution in [0.2, 0.25) is 0 Å². The molecule has 0 aromatic carbocycles. The van der Waals surface area contributed by atoms with Crippen LogP contribution in [0.3, 0.4) is 0 Å². The maximum atomic E-state index is 11.7. The van der Waals surface area contributed by atoms with Crippen LogP contribution < -0.4 is 15.4 Å². The maximum absolute atomic E-state index is 11.7. The van der Waals surface area contributed by atoms with Gasteiger partial charge in [0.15, 0.2) is 5.96 Å². The average Bonchev–Trinajstić information content (AvgIpc) is 3.06. The Hall–Kier alpha value is -2.31. The first-order valence-corrected chi connectivity index (χ1v) is 8.00. The van der Waals surface area contributed by atoms with E-state index in [2.05, 4.69) is 20.6 Å². The lowest BCUT2D eigenvalue weighted by atomic mass is 10.3. The first kappa shape index (κ1) is 17.1. The number of rotatable bonds is 6. The summed E-state index contributed by atoms with van der Waals surface area (Å²) in [5.74, 6) is 1.69. The minimum absolute atomic E-state index is 0.210. The number of aromatic nitrogens is 1. The molecule has 2 N–H and O–H groups in total. The zero-order valence-corrected chi connectivity index (χ0v) is 13.8. The summed E-state index contributed by atoms with van der Waals surface area (Å²) in [6.07, 6.45) is 4.90. The fourth-order valence-electron chi connectivity index (χ4n) is 2.49. The molecular formula is C16H25N5O2. The molecule has 0 bridgehead atoms. The molecule has 1 aliphatic heterocycles. The van der Waals surface area contributed by atoms with Crippen LogP contribution in [-0.4, -0.2) is 61.1 Å². The number of likely N-dealkylation sites (tertiary alicyclic amines) is 1. The smallest absolute Gasteiger partial charge is 0.222 e. The molecule has 0 saturated carbocycles. The van der Waals surface area contributed by atoms with Gasteiger partial charge in [-0.1, -0.05) is 6.92 Å². The third kappa shape index (κ3) is 5.43. The second-order valence-electron chi connectivity index (χ2n) is 5.36. The van der Waals surface area contributed by atoms with Crippen LogP contribution in [-0.2, 0) is 4.79 Å². The summed E-state index contributed by atoms with van der Waals surface area (Å²) in [7, 11) is 1.74. The van der Waals surface area contributed by atoms with Gasteiger partial charge in [-0.05, 0) is 18.6 Å². The van der Waals surface area contributed by atoms with Crippen molar-refractivity contribution >= 4 is 11.9 Å². The molecule has 0 spiro atoms. The van der Waals surface area contributed by atoms with Gasteiger partial charge in [0.05, 0.1) is 12.7 Å². The molecule has 0 aliphatic carbocycles. The third-order valence-electron chi connectivity index (χ3n) is 3.71. The van der Waals surface area contributed by atoms with Gasteiger partial charge in [-0.15, -0.1) is 0 Å². The Morgan fingerprint density at radius 3 is 3.13 bits per heavy atom. The summed E-state index contributed by atoms with van der Waals surface area (Å²) in [5.41, 5.74) is 0. The molecule has 1 amide bonds. The second kappa shape index (κ2) is 8.97. The molecule has 1 aromatic rings. The monoisotopic (exact) mass is 319 g/mol. The number of pyridine rings is 1. The van der Waals surface area contributed by atoms with E-state index in [1.54, 1.807) is 19.4 Å². The number of hydrogen-bond acceptors (Lipinski definition) is 4. The molecule has 2 rings (SSSR count). The number of ether oxygens (including phenoxy) is 1. The summed E-state index contributed by atoms with van der Waals surface area (Å²) >= 11 is 0. The average molecular weight is 319 g/mol. The predicted molar refractivity (Wildman–Crippen MR) is 89.5 cm³/mol. The van der Waals surface area contributed by atoms with Crippen LogP contribution in [0.1, 0.15) is 19.8 Å². The number of nitrogens with zero attached hydrogens (tertiary/aromatic N) is 3. The molecule has 7 heteroatoms. The van der Waals surface area contributed by atoms with Crippen molar-refractivity contribution < 1.29 is 9.53 Å². The Morgan fingerprint density at radius 1 is 1.57 bits per heavy atom. The van der Waals surface area contributed by atoms with Crippen molar-refractivity contribution in [3.63, 3.8) is 0 Å². The van der Waals surface area contributed by atoms with Crippen molar-refractivity contribution in [2.75, 3.05) is 33.3 Å². The number of hydrogen-bond donors (Lipinski definition) is 2. The number of carbonyl (C=O) groups excluding carboxylic acids is 1. The maximum Gasteiger partial charge on any atom is 0.222 e. The number of nitrogens with one attached hydrogen (secondary N) is 2. The van der Waals surface area contributed by atoms with Crippen LogP contribution in [0.25, 0.3) is 0 Å². The van der Waals surface area contributed by atoms with Crippen molar-refractivity contribution in [2.24, 2.45) is 4.99 Å². The lowest BCUT2D eigenvalue weighted by molar-refractivity contribution is -0.129. The minimum Gasteiger partial charge on any atom is -0.490 e. The van der Waals surface area contributed by atoms with Crippen molar-refractivity contribution in [2.45, 2.75) is 25.8 Å². The Balaban J connectivity index is 1.67. The molecule has 1 fully saturated rings. The standard InChI is InChI=1S/C16H25N5O2/c1-3-15(22)21-9-6-13(12-21)20-16(17-2)19-8-10-23-14-5-4-7-18-11-14/h4-5,7,11,13H,3,6,8-10,12H2,1-2H3,(H2,17,19,20). The van der Waals surface area contributed by atoms with Crippen LogP contribution in [0.5, 0.6) is 5.75 Å². The van der Waals surface area contributed by atoms with E-state index >= 15 is 0 Å². The predicted octanol–water partition coefficient (Wildman–Crippen LogP) is 0.636. The van der Waals surface area contributed by atoms with E-state index in [0.717, 1.165) is 31.2 Å². The molecule has 0 radical (unpaired) electrons. The SMILES string of the molecule is CCC(=O)N1CCC(NC(=NC)NCCOc2cccnc2)C1. The number of carbonyl (C=O) groups is 1. The summed E-state index contributed by atoms with van der Waals surface area (Å²) in [5, 5.41) is 6.56. The summed E-state index contributed by atoms with van der Waals surface area (Å²) in [4.78, 5) is 21.8. The first-order chi connectivity index (χ1) is 11.2. The van der Waals surface area contributed by atoms with E-state index in [1.807, 2.05) is 24.0 Å². The van der Waals surface area contributed by atoms with Crippen molar-refractivity contribution in [1.29, 1.82) is 0 Å². The minimum atomic E-state index is 0.210. The Bertz CT molecular complexity index is 520. The highest BCUT2D eigenvalue weighted by atomic mass is 16.5. The number of aliphatic imine (C=N–C) groups is 1. The van der Waals surface area contributed by atoms with Crippen molar-refractivity contribution in [3.05, 3.63) is 24.5 Å². The zero-order chi connectivity index (χ0) is 16.5. The summed E-state index contributed by atoms with van der Waals surface area (Å²) in [6, 6.07) is 3.96. The normalized spacial score (nSPS) is 17.9. The highest BCUT2D eigenvalue weighted by Crippen LogP contribution is 2.10. The van der Waals surface area contributed by atoms with Crippen molar-refractivity contribution in [1.82, 2.24) is 20.5 Å². The van der Waals surface area contributed by atoms with Gasteiger partial charge in [0.2, 0.25) is 5.91 Å². The van der Waals surface area contributed by atoms with Crippen LogP contribution >= 0.6 is 0 Å². The summed E-state index contributed by atoms with van der Waals surface area (Å²) < 4.78 is 5.57. The zero-order valence-electron chi connectivity index (χ0n) is 13.8. The lowest BCUT2D eigenvalue weighted by Crippen LogP contribution is -2.46. The molecular weight excluding hydrogens is 294 g/mol. The largest absolute Gasteiger partial charge is 0.490 e. The molecule has 126 valence electrons. The molecule has 7 nitrogen and oxygen atoms in total. The molecule has 1 atom stereocenters. The van der Waals surface area contributed by atoms with Crippen LogP contribution in [0, 0.1) is 0 Å². The van der Waals surface area contributed by atoms with E-state index < -0.39 is 0 Å². The van der Waals surface area contributed by atoms with Gasteiger partial charge in [-0.3, -0.25) is 14.8 Å². The molecule has 1 unspecified atom stereocenters.